The lowest BCUT2D eigenvalue weighted by Gasteiger charge is -2.36. The van der Waals surface area contributed by atoms with Gasteiger partial charge < -0.3 is 15.3 Å². The second-order valence-corrected chi connectivity index (χ2v) is 5.81. The number of nitrogens with one attached hydrogen (secondary N) is 1. The maximum atomic E-state index is 11.0. The van der Waals surface area contributed by atoms with Crippen LogP contribution in [0.25, 0.3) is 0 Å². The second-order valence-electron chi connectivity index (χ2n) is 5.81. The number of nitrogens with zero attached hydrogens (tertiary/aromatic N) is 2. The molecule has 0 unspecified atom stereocenters. The van der Waals surface area contributed by atoms with Gasteiger partial charge in [0.05, 0.1) is 11.3 Å². The van der Waals surface area contributed by atoms with E-state index in [1.807, 2.05) is 0 Å². The van der Waals surface area contributed by atoms with Crippen LogP contribution < -0.4 is 5.32 Å². The van der Waals surface area contributed by atoms with Gasteiger partial charge in [0.25, 0.3) is 0 Å². The van der Waals surface area contributed by atoms with Gasteiger partial charge in [-0.1, -0.05) is 12.8 Å². The van der Waals surface area contributed by atoms with Gasteiger partial charge in [-0.2, -0.15) is 0 Å². The van der Waals surface area contributed by atoms with E-state index in [1.54, 1.807) is 19.1 Å². The van der Waals surface area contributed by atoms with Crippen LogP contribution in [0.4, 0.5) is 5.82 Å². The fraction of sp³-hybridized carbons (Fsp3) is 0.600. The molecule has 110 valence electrons. The summed E-state index contributed by atoms with van der Waals surface area (Å²) in [6, 6.07) is 3.36. The number of hydrogen-bond acceptors (Lipinski definition) is 4. The molecule has 0 saturated heterocycles. The molecule has 0 bridgehead atoms. The Morgan fingerprint density at radius 2 is 2.05 bits per heavy atom. The van der Waals surface area contributed by atoms with Crippen LogP contribution in [0.1, 0.15) is 41.7 Å². The van der Waals surface area contributed by atoms with Crippen molar-refractivity contribution in [3.8, 4) is 0 Å². The lowest BCUT2D eigenvalue weighted by atomic mass is 9.96. The molecular weight excluding hydrogens is 254 g/mol. The number of aromatic nitrogens is 1. The van der Waals surface area contributed by atoms with Crippen LogP contribution in [0.3, 0.4) is 0 Å². The van der Waals surface area contributed by atoms with Gasteiger partial charge in [-0.25, -0.2) is 9.78 Å². The third-order valence-electron chi connectivity index (χ3n) is 4.40. The third kappa shape index (κ3) is 2.93. The molecule has 5 nitrogen and oxygen atoms in total. The number of hydrogen-bond donors (Lipinski definition) is 2. The largest absolute Gasteiger partial charge is 0.478 e. The van der Waals surface area contributed by atoms with Gasteiger partial charge in [0.2, 0.25) is 0 Å². The van der Waals surface area contributed by atoms with Crippen molar-refractivity contribution in [2.45, 2.75) is 38.1 Å². The Kier molecular flexibility index (Phi) is 4.28. The van der Waals surface area contributed by atoms with Crippen molar-refractivity contribution in [3.05, 3.63) is 23.4 Å². The Morgan fingerprint density at radius 3 is 2.55 bits per heavy atom. The average molecular weight is 277 g/mol. The highest BCUT2D eigenvalue weighted by Crippen LogP contribution is 2.33. The second kappa shape index (κ2) is 5.79. The smallest absolute Gasteiger partial charge is 0.337 e. The zero-order valence-electron chi connectivity index (χ0n) is 12.4. The van der Waals surface area contributed by atoms with Gasteiger partial charge in [0.1, 0.15) is 5.82 Å². The van der Waals surface area contributed by atoms with E-state index >= 15 is 0 Å². The number of rotatable bonds is 5. The van der Waals surface area contributed by atoms with Crippen LogP contribution in [-0.2, 0) is 0 Å². The van der Waals surface area contributed by atoms with E-state index < -0.39 is 5.97 Å². The lowest BCUT2D eigenvalue weighted by molar-refractivity contribution is 0.0695. The van der Waals surface area contributed by atoms with Crippen LogP contribution in [0, 0.1) is 6.92 Å². The number of likely N-dealkylation sites (N-methyl/N-ethyl adjacent to an activating group) is 1. The average Bonchev–Trinajstić information content (AvgIpc) is 2.86. The molecule has 1 aromatic rings. The first kappa shape index (κ1) is 14.8. The van der Waals surface area contributed by atoms with E-state index in [0.717, 1.165) is 12.4 Å². The Labute approximate surface area is 120 Å². The molecule has 0 atom stereocenters. The van der Waals surface area contributed by atoms with E-state index in [0.29, 0.717) is 5.69 Å². The molecule has 1 aliphatic rings. The SMILES string of the molecule is Cc1nc(NCC2(N(C)C)CCCC2)ccc1C(=O)O. The predicted octanol–water partition coefficient (Wildman–Crippen LogP) is 2.37. The zero-order chi connectivity index (χ0) is 14.8. The predicted molar refractivity (Wildman–Crippen MR) is 79.3 cm³/mol. The summed E-state index contributed by atoms with van der Waals surface area (Å²) in [7, 11) is 4.25. The van der Waals surface area contributed by atoms with Crippen molar-refractivity contribution in [1.82, 2.24) is 9.88 Å². The summed E-state index contributed by atoms with van der Waals surface area (Å²) in [4.78, 5) is 17.6. The standard InChI is InChI=1S/C15H23N3O2/c1-11-12(14(19)20)6-7-13(17-11)16-10-15(18(2)3)8-4-5-9-15/h6-7H,4-5,8-10H2,1-3H3,(H,16,17)(H,19,20). The summed E-state index contributed by atoms with van der Waals surface area (Å²) in [6.07, 6.45) is 4.92. The molecule has 1 aliphatic carbocycles. The first-order valence-electron chi connectivity index (χ1n) is 7.07. The van der Waals surface area contributed by atoms with Crippen molar-refractivity contribution in [1.29, 1.82) is 0 Å². The fourth-order valence-electron chi connectivity index (χ4n) is 2.96. The maximum absolute atomic E-state index is 11.0. The van der Waals surface area contributed by atoms with Crippen molar-refractivity contribution >= 4 is 11.8 Å². The van der Waals surface area contributed by atoms with Crippen molar-refractivity contribution in [2.75, 3.05) is 26.0 Å². The Hall–Kier alpha value is -1.62. The highest BCUT2D eigenvalue weighted by atomic mass is 16.4. The van der Waals surface area contributed by atoms with Gasteiger partial charge in [-0.3, -0.25) is 0 Å². The van der Waals surface area contributed by atoms with Crippen molar-refractivity contribution < 1.29 is 9.90 Å². The number of aryl methyl sites for hydroxylation is 1. The first-order chi connectivity index (χ1) is 9.44. The molecule has 0 spiro atoms. The monoisotopic (exact) mass is 277 g/mol. The minimum absolute atomic E-state index is 0.195. The number of carbonyl (C=O) groups is 1. The molecule has 20 heavy (non-hydrogen) atoms. The molecule has 1 aromatic heterocycles. The van der Waals surface area contributed by atoms with Gasteiger partial charge in [0.15, 0.2) is 0 Å². The highest BCUT2D eigenvalue weighted by Gasteiger charge is 2.35. The number of aromatic carboxylic acids is 1. The number of carboxylic acids is 1. The topological polar surface area (TPSA) is 65.5 Å². The van der Waals surface area contributed by atoms with Crippen LogP contribution in [0.2, 0.25) is 0 Å². The van der Waals surface area contributed by atoms with E-state index in [2.05, 4.69) is 29.3 Å². The highest BCUT2D eigenvalue weighted by molar-refractivity contribution is 5.89. The van der Waals surface area contributed by atoms with Crippen molar-refractivity contribution in [3.63, 3.8) is 0 Å². The van der Waals surface area contributed by atoms with E-state index in [-0.39, 0.29) is 11.1 Å². The van der Waals surface area contributed by atoms with Gasteiger partial charge in [-0.05, 0) is 46.0 Å². The minimum atomic E-state index is -0.929. The molecule has 0 radical (unpaired) electrons. The number of carboxylic acid groups (broad SMARTS) is 1. The summed E-state index contributed by atoms with van der Waals surface area (Å²) in [5.41, 5.74) is 1.01. The molecule has 0 amide bonds. The Bertz CT molecular complexity index is 494. The van der Waals surface area contributed by atoms with Gasteiger partial charge in [-0.15, -0.1) is 0 Å². The summed E-state index contributed by atoms with van der Waals surface area (Å²) in [5.74, 6) is -0.178. The summed E-state index contributed by atoms with van der Waals surface area (Å²) >= 11 is 0. The Morgan fingerprint density at radius 1 is 1.40 bits per heavy atom. The Balaban J connectivity index is 2.07. The number of anilines is 1. The third-order valence-corrected chi connectivity index (χ3v) is 4.40. The molecular formula is C15H23N3O2. The summed E-state index contributed by atoms with van der Waals surface area (Å²) in [6.45, 7) is 2.57. The summed E-state index contributed by atoms with van der Waals surface area (Å²) in [5, 5.41) is 12.4. The minimum Gasteiger partial charge on any atom is -0.478 e. The normalized spacial score (nSPS) is 17.4. The lowest BCUT2D eigenvalue weighted by Crippen LogP contribution is -2.47. The first-order valence-corrected chi connectivity index (χ1v) is 7.07. The summed E-state index contributed by atoms with van der Waals surface area (Å²) < 4.78 is 0. The quantitative estimate of drug-likeness (QED) is 0.865. The van der Waals surface area contributed by atoms with Gasteiger partial charge >= 0.3 is 5.97 Å². The van der Waals surface area contributed by atoms with E-state index in [1.165, 1.54) is 25.7 Å². The van der Waals surface area contributed by atoms with Crippen LogP contribution in [0.5, 0.6) is 0 Å². The van der Waals surface area contributed by atoms with E-state index in [4.69, 9.17) is 5.11 Å². The number of pyridine rings is 1. The molecule has 1 saturated carbocycles. The van der Waals surface area contributed by atoms with Crippen LogP contribution >= 0.6 is 0 Å². The molecule has 1 fully saturated rings. The molecule has 2 rings (SSSR count). The van der Waals surface area contributed by atoms with Gasteiger partial charge in [0, 0.05) is 12.1 Å². The van der Waals surface area contributed by atoms with Crippen LogP contribution in [0.15, 0.2) is 12.1 Å². The molecule has 0 aromatic carbocycles. The molecule has 0 aliphatic heterocycles. The van der Waals surface area contributed by atoms with Crippen LogP contribution in [-0.4, -0.2) is 47.1 Å². The molecule has 2 N–H and O–H groups in total. The molecule has 5 heteroatoms. The molecule has 1 heterocycles. The van der Waals surface area contributed by atoms with E-state index in [9.17, 15) is 4.79 Å². The fourth-order valence-corrected chi connectivity index (χ4v) is 2.96. The zero-order valence-corrected chi connectivity index (χ0v) is 12.4. The van der Waals surface area contributed by atoms with Crippen molar-refractivity contribution in [2.24, 2.45) is 0 Å². The maximum Gasteiger partial charge on any atom is 0.337 e.